The molecule has 0 saturated carbocycles. The zero-order chi connectivity index (χ0) is 18.5. The predicted molar refractivity (Wildman–Crippen MR) is 92.5 cm³/mol. The third-order valence-electron chi connectivity index (χ3n) is 3.39. The zero-order valence-electron chi connectivity index (χ0n) is 13.8. The summed E-state index contributed by atoms with van der Waals surface area (Å²) in [6, 6.07) is 12.7. The molecule has 8 heteroatoms. The molecule has 1 N–H and O–H groups in total. The molecule has 0 atom stereocenters. The van der Waals surface area contributed by atoms with Gasteiger partial charge in [0.2, 0.25) is 0 Å². The highest BCUT2D eigenvalue weighted by molar-refractivity contribution is 6.05. The van der Waals surface area contributed by atoms with Gasteiger partial charge in [-0.2, -0.15) is 9.78 Å². The highest BCUT2D eigenvalue weighted by Crippen LogP contribution is 2.15. The quantitative estimate of drug-likeness (QED) is 0.706. The molecule has 2 heterocycles. The van der Waals surface area contributed by atoms with Gasteiger partial charge in [-0.25, -0.2) is 4.79 Å². The lowest BCUT2D eigenvalue weighted by molar-refractivity contribution is 0.0518. The van der Waals surface area contributed by atoms with Crippen LogP contribution in [0.2, 0.25) is 0 Å². The fourth-order valence-corrected chi connectivity index (χ4v) is 2.25. The SMILES string of the molecule is CCOC(=O)c1nn(-c2ccccc2)c(=O)cc1NC(=O)c1ccco1. The van der Waals surface area contributed by atoms with Crippen LogP contribution in [0.15, 0.2) is 64.0 Å². The second kappa shape index (κ2) is 7.47. The number of hydrogen-bond donors (Lipinski definition) is 1. The molecule has 3 aromatic rings. The van der Waals surface area contributed by atoms with E-state index < -0.39 is 17.4 Å². The van der Waals surface area contributed by atoms with Crippen LogP contribution in [-0.2, 0) is 4.74 Å². The summed E-state index contributed by atoms with van der Waals surface area (Å²) in [5.74, 6) is -1.34. The summed E-state index contributed by atoms with van der Waals surface area (Å²) in [5.41, 5.74) is -0.275. The number of amides is 1. The lowest BCUT2D eigenvalue weighted by Crippen LogP contribution is -2.27. The predicted octanol–water partition coefficient (Wildman–Crippen LogP) is 2.25. The van der Waals surface area contributed by atoms with Gasteiger partial charge in [-0.1, -0.05) is 18.2 Å². The van der Waals surface area contributed by atoms with Crippen molar-refractivity contribution in [3.05, 3.63) is 76.6 Å². The van der Waals surface area contributed by atoms with Crippen LogP contribution >= 0.6 is 0 Å². The third kappa shape index (κ3) is 3.54. The Morgan fingerprint density at radius 2 is 1.96 bits per heavy atom. The Bertz CT molecular complexity index is 978. The van der Waals surface area contributed by atoms with Crippen molar-refractivity contribution in [2.75, 3.05) is 11.9 Å². The molecule has 0 spiro atoms. The monoisotopic (exact) mass is 353 g/mol. The number of furan rings is 1. The molecular formula is C18H15N3O5. The van der Waals surface area contributed by atoms with Crippen LogP contribution in [0.25, 0.3) is 5.69 Å². The van der Waals surface area contributed by atoms with E-state index in [1.807, 2.05) is 0 Å². The largest absolute Gasteiger partial charge is 0.461 e. The Morgan fingerprint density at radius 1 is 1.19 bits per heavy atom. The normalized spacial score (nSPS) is 10.3. The highest BCUT2D eigenvalue weighted by atomic mass is 16.5. The molecule has 0 radical (unpaired) electrons. The molecular weight excluding hydrogens is 338 g/mol. The summed E-state index contributed by atoms with van der Waals surface area (Å²) in [7, 11) is 0. The van der Waals surface area contributed by atoms with Gasteiger partial charge in [-0.3, -0.25) is 9.59 Å². The zero-order valence-corrected chi connectivity index (χ0v) is 13.8. The molecule has 0 saturated heterocycles. The van der Waals surface area contributed by atoms with E-state index in [2.05, 4.69) is 10.4 Å². The summed E-state index contributed by atoms with van der Waals surface area (Å²) in [5, 5.41) is 6.54. The van der Waals surface area contributed by atoms with E-state index in [9.17, 15) is 14.4 Å². The van der Waals surface area contributed by atoms with E-state index >= 15 is 0 Å². The van der Waals surface area contributed by atoms with Crippen LogP contribution in [0.5, 0.6) is 0 Å². The molecule has 3 rings (SSSR count). The maximum Gasteiger partial charge on any atom is 0.360 e. The first-order valence-corrected chi connectivity index (χ1v) is 7.82. The summed E-state index contributed by atoms with van der Waals surface area (Å²) in [6.45, 7) is 1.77. The smallest absolute Gasteiger partial charge is 0.360 e. The summed E-state index contributed by atoms with van der Waals surface area (Å²) in [4.78, 5) is 36.8. The molecule has 1 aromatic carbocycles. The number of ether oxygens (including phenoxy) is 1. The second-order valence-corrected chi connectivity index (χ2v) is 5.14. The van der Waals surface area contributed by atoms with Crippen molar-refractivity contribution in [3.63, 3.8) is 0 Å². The van der Waals surface area contributed by atoms with Crippen LogP contribution in [0.3, 0.4) is 0 Å². The molecule has 0 fully saturated rings. The number of rotatable bonds is 5. The molecule has 8 nitrogen and oxygen atoms in total. The van der Waals surface area contributed by atoms with Crippen molar-refractivity contribution in [3.8, 4) is 5.69 Å². The van der Waals surface area contributed by atoms with Gasteiger partial charge in [-0.05, 0) is 31.2 Å². The average Bonchev–Trinajstić information content (AvgIpc) is 3.17. The van der Waals surface area contributed by atoms with Crippen molar-refractivity contribution in [2.45, 2.75) is 6.92 Å². The van der Waals surface area contributed by atoms with Gasteiger partial charge in [0.05, 0.1) is 24.2 Å². The number of carbonyl (C=O) groups excluding carboxylic acids is 2. The van der Waals surface area contributed by atoms with E-state index in [0.717, 1.165) is 10.7 Å². The first-order chi connectivity index (χ1) is 12.6. The van der Waals surface area contributed by atoms with Gasteiger partial charge in [0.1, 0.15) is 0 Å². The van der Waals surface area contributed by atoms with Crippen molar-refractivity contribution >= 4 is 17.6 Å². The van der Waals surface area contributed by atoms with Gasteiger partial charge >= 0.3 is 5.97 Å². The lowest BCUT2D eigenvalue weighted by Gasteiger charge is -2.11. The Morgan fingerprint density at radius 3 is 2.62 bits per heavy atom. The van der Waals surface area contributed by atoms with Gasteiger partial charge in [-0.15, -0.1) is 0 Å². The van der Waals surface area contributed by atoms with Crippen molar-refractivity contribution in [1.29, 1.82) is 0 Å². The summed E-state index contributed by atoms with van der Waals surface area (Å²) in [6.07, 6.45) is 1.34. The number of esters is 1. The van der Waals surface area contributed by atoms with Crippen molar-refractivity contribution in [1.82, 2.24) is 9.78 Å². The fraction of sp³-hybridized carbons (Fsp3) is 0.111. The average molecular weight is 353 g/mol. The molecule has 0 aliphatic carbocycles. The van der Waals surface area contributed by atoms with Crippen LogP contribution in [0.4, 0.5) is 5.69 Å². The number of aromatic nitrogens is 2. The van der Waals surface area contributed by atoms with Gasteiger partial charge in [0, 0.05) is 6.07 Å². The Hall–Kier alpha value is -3.68. The minimum Gasteiger partial charge on any atom is -0.461 e. The first-order valence-electron chi connectivity index (χ1n) is 7.82. The standard InChI is InChI=1S/C18H15N3O5/c1-2-25-18(24)16-13(19-17(23)14-9-6-10-26-14)11-15(22)21(20-16)12-7-4-3-5-8-12/h3-11H,2H2,1H3,(H,19,23). The maximum absolute atomic E-state index is 12.4. The molecule has 1 amide bonds. The minimum atomic E-state index is -0.757. The Labute approximate surface area is 148 Å². The third-order valence-corrected chi connectivity index (χ3v) is 3.39. The summed E-state index contributed by atoms with van der Waals surface area (Å²) < 4.78 is 11.1. The fourth-order valence-electron chi connectivity index (χ4n) is 2.25. The number of nitrogens with zero attached hydrogens (tertiary/aromatic N) is 2. The van der Waals surface area contributed by atoms with E-state index in [1.165, 1.54) is 12.3 Å². The second-order valence-electron chi connectivity index (χ2n) is 5.14. The number of benzene rings is 1. The van der Waals surface area contributed by atoms with E-state index in [0.29, 0.717) is 5.69 Å². The molecule has 0 aliphatic heterocycles. The van der Waals surface area contributed by atoms with Crippen molar-refractivity contribution in [2.24, 2.45) is 0 Å². The Balaban J connectivity index is 2.05. The van der Waals surface area contributed by atoms with Gasteiger partial charge in [0.25, 0.3) is 11.5 Å². The number of nitrogens with one attached hydrogen (secondary N) is 1. The Kier molecular flexibility index (Phi) is 4.93. The van der Waals surface area contributed by atoms with Crippen LogP contribution < -0.4 is 10.9 Å². The highest BCUT2D eigenvalue weighted by Gasteiger charge is 2.21. The van der Waals surface area contributed by atoms with Gasteiger partial charge < -0.3 is 14.5 Å². The number of anilines is 1. The van der Waals surface area contributed by atoms with Crippen LogP contribution in [-0.4, -0.2) is 28.3 Å². The van der Waals surface area contributed by atoms with Crippen LogP contribution in [0, 0.1) is 0 Å². The van der Waals surface area contributed by atoms with E-state index in [-0.39, 0.29) is 23.7 Å². The number of para-hydroxylation sites is 1. The summed E-state index contributed by atoms with van der Waals surface area (Å²) >= 11 is 0. The number of hydrogen-bond acceptors (Lipinski definition) is 6. The molecule has 2 aromatic heterocycles. The minimum absolute atomic E-state index is 0.0343. The molecule has 0 unspecified atom stereocenters. The van der Waals surface area contributed by atoms with E-state index in [4.69, 9.17) is 9.15 Å². The molecule has 0 bridgehead atoms. The van der Waals surface area contributed by atoms with Crippen molar-refractivity contribution < 1.29 is 18.7 Å². The lowest BCUT2D eigenvalue weighted by atomic mass is 10.3. The molecule has 0 aliphatic rings. The van der Waals surface area contributed by atoms with E-state index in [1.54, 1.807) is 43.3 Å². The maximum atomic E-state index is 12.4. The first kappa shape index (κ1) is 17.2. The topological polar surface area (TPSA) is 103 Å². The number of carbonyl (C=O) groups is 2. The molecule has 132 valence electrons. The van der Waals surface area contributed by atoms with Gasteiger partial charge in [0.15, 0.2) is 11.5 Å². The van der Waals surface area contributed by atoms with Crippen LogP contribution in [0.1, 0.15) is 28.0 Å². The molecule has 26 heavy (non-hydrogen) atoms.